The lowest BCUT2D eigenvalue weighted by atomic mass is 9.97. The van der Waals surface area contributed by atoms with Gasteiger partial charge in [0, 0.05) is 26.5 Å². The van der Waals surface area contributed by atoms with E-state index in [4.69, 9.17) is 8.94 Å². The SMILES string of the molecule is CC(=O)NC1(c2noc(C)n2)CCN(c2nc3cc(F)ccc3o2)C1. The van der Waals surface area contributed by atoms with Crippen LogP contribution in [0.4, 0.5) is 10.4 Å². The summed E-state index contributed by atoms with van der Waals surface area (Å²) in [6.07, 6.45) is 0.568. The van der Waals surface area contributed by atoms with Crippen molar-refractivity contribution < 1.29 is 18.1 Å². The first-order valence-electron chi connectivity index (χ1n) is 7.86. The molecule has 130 valence electrons. The minimum Gasteiger partial charge on any atom is -0.423 e. The maximum absolute atomic E-state index is 13.3. The molecular weight excluding hydrogens is 329 g/mol. The summed E-state index contributed by atoms with van der Waals surface area (Å²) in [5.74, 6) is 0.285. The number of anilines is 1. The summed E-state index contributed by atoms with van der Waals surface area (Å²) in [6, 6.07) is 4.56. The third-order valence-corrected chi connectivity index (χ3v) is 4.25. The Balaban J connectivity index is 1.67. The average molecular weight is 345 g/mol. The van der Waals surface area contributed by atoms with Crippen LogP contribution >= 0.6 is 0 Å². The summed E-state index contributed by atoms with van der Waals surface area (Å²) in [6.45, 7) is 4.09. The van der Waals surface area contributed by atoms with Crippen molar-refractivity contribution in [3.63, 3.8) is 0 Å². The number of carbonyl (C=O) groups excluding carboxylic acids is 1. The first-order valence-corrected chi connectivity index (χ1v) is 7.86. The van der Waals surface area contributed by atoms with Gasteiger partial charge in [0.25, 0.3) is 6.01 Å². The summed E-state index contributed by atoms with van der Waals surface area (Å²) in [4.78, 5) is 22.2. The van der Waals surface area contributed by atoms with Crippen molar-refractivity contribution in [3.05, 3.63) is 35.7 Å². The van der Waals surface area contributed by atoms with Gasteiger partial charge in [0.15, 0.2) is 11.4 Å². The third-order valence-electron chi connectivity index (χ3n) is 4.25. The lowest BCUT2D eigenvalue weighted by molar-refractivity contribution is -0.120. The van der Waals surface area contributed by atoms with E-state index in [1.807, 2.05) is 4.90 Å². The van der Waals surface area contributed by atoms with Crippen LogP contribution in [-0.4, -0.2) is 34.1 Å². The van der Waals surface area contributed by atoms with Gasteiger partial charge in [-0.2, -0.15) is 9.97 Å². The van der Waals surface area contributed by atoms with Gasteiger partial charge in [-0.25, -0.2) is 4.39 Å². The Bertz CT molecular complexity index is 952. The summed E-state index contributed by atoms with van der Waals surface area (Å²) >= 11 is 0. The predicted octanol–water partition coefficient (Wildman–Crippen LogP) is 1.90. The van der Waals surface area contributed by atoms with Crippen LogP contribution < -0.4 is 10.2 Å². The highest BCUT2D eigenvalue weighted by Gasteiger charge is 2.45. The van der Waals surface area contributed by atoms with Crippen molar-refractivity contribution in [1.29, 1.82) is 0 Å². The molecule has 1 N–H and O–H groups in total. The van der Waals surface area contributed by atoms with E-state index in [1.165, 1.54) is 19.1 Å². The summed E-state index contributed by atoms with van der Waals surface area (Å²) in [7, 11) is 0. The van der Waals surface area contributed by atoms with E-state index >= 15 is 0 Å². The van der Waals surface area contributed by atoms with Crippen molar-refractivity contribution in [2.75, 3.05) is 18.0 Å². The summed E-state index contributed by atoms with van der Waals surface area (Å²) in [5, 5.41) is 6.91. The number of nitrogens with zero attached hydrogens (tertiary/aromatic N) is 4. The maximum atomic E-state index is 13.3. The second-order valence-corrected chi connectivity index (χ2v) is 6.18. The van der Waals surface area contributed by atoms with Crippen LogP contribution in [0.3, 0.4) is 0 Å². The standard InChI is InChI=1S/C16H16FN5O3/c1-9(23)20-16(14-18-10(2)25-21-14)5-6-22(8-16)15-19-12-7-11(17)3-4-13(12)24-15/h3-4,7H,5-6,8H2,1-2H3,(H,20,23). The fourth-order valence-corrected chi connectivity index (χ4v) is 3.17. The number of halogens is 1. The van der Waals surface area contributed by atoms with E-state index < -0.39 is 5.54 Å². The van der Waals surface area contributed by atoms with Gasteiger partial charge in [0.1, 0.15) is 16.9 Å². The maximum Gasteiger partial charge on any atom is 0.298 e. The quantitative estimate of drug-likeness (QED) is 0.774. The number of rotatable bonds is 3. The molecule has 1 amide bonds. The van der Waals surface area contributed by atoms with Gasteiger partial charge in [-0.3, -0.25) is 4.79 Å². The number of aryl methyl sites for hydroxylation is 1. The highest BCUT2D eigenvalue weighted by Crippen LogP contribution is 2.34. The molecule has 8 nitrogen and oxygen atoms in total. The van der Waals surface area contributed by atoms with Crippen molar-refractivity contribution in [1.82, 2.24) is 20.4 Å². The smallest absolute Gasteiger partial charge is 0.298 e. The Morgan fingerprint density at radius 3 is 2.96 bits per heavy atom. The molecule has 1 fully saturated rings. The molecule has 1 atom stereocenters. The molecule has 0 saturated carbocycles. The molecular formula is C16H16FN5O3. The van der Waals surface area contributed by atoms with Gasteiger partial charge in [-0.1, -0.05) is 5.16 Å². The molecule has 1 saturated heterocycles. The Morgan fingerprint density at radius 1 is 1.40 bits per heavy atom. The number of oxazole rings is 1. The third kappa shape index (κ3) is 2.71. The van der Waals surface area contributed by atoms with Gasteiger partial charge in [-0.05, 0) is 18.6 Å². The fraction of sp³-hybridized carbons (Fsp3) is 0.375. The monoisotopic (exact) mass is 345 g/mol. The van der Waals surface area contributed by atoms with Crippen LogP contribution in [-0.2, 0) is 10.3 Å². The summed E-state index contributed by atoms with van der Waals surface area (Å²) < 4.78 is 24.1. The molecule has 1 aromatic carbocycles. The zero-order valence-electron chi connectivity index (χ0n) is 13.7. The minimum absolute atomic E-state index is 0.191. The number of hydrogen-bond acceptors (Lipinski definition) is 7. The molecule has 0 radical (unpaired) electrons. The molecule has 2 aromatic heterocycles. The molecule has 3 aromatic rings. The van der Waals surface area contributed by atoms with E-state index in [2.05, 4.69) is 20.4 Å². The van der Waals surface area contributed by atoms with Crippen molar-refractivity contribution in [2.24, 2.45) is 0 Å². The second kappa shape index (κ2) is 5.54. The number of carbonyl (C=O) groups is 1. The number of nitrogens with one attached hydrogen (secondary N) is 1. The Kier molecular flexibility index (Phi) is 3.45. The predicted molar refractivity (Wildman–Crippen MR) is 85.3 cm³/mol. The lowest BCUT2D eigenvalue weighted by Gasteiger charge is -2.26. The average Bonchev–Trinajstić information content (AvgIpc) is 3.24. The van der Waals surface area contributed by atoms with E-state index in [9.17, 15) is 9.18 Å². The van der Waals surface area contributed by atoms with Gasteiger partial charge < -0.3 is 19.2 Å². The Hall–Kier alpha value is -2.97. The van der Waals surface area contributed by atoms with Crippen LogP contribution in [0.5, 0.6) is 0 Å². The summed E-state index contributed by atoms with van der Waals surface area (Å²) in [5.41, 5.74) is 0.168. The van der Waals surface area contributed by atoms with Gasteiger partial charge >= 0.3 is 0 Å². The van der Waals surface area contributed by atoms with E-state index in [1.54, 1.807) is 13.0 Å². The Morgan fingerprint density at radius 2 is 2.24 bits per heavy atom. The van der Waals surface area contributed by atoms with Crippen molar-refractivity contribution >= 4 is 23.0 Å². The topological polar surface area (TPSA) is 97.3 Å². The van der Waals surface area contributed by atoms with Gasteiger partial charge in [0.05, 0.1) is 6.54 Å². The number of benzene rings is 1. The van der Waals surface area contributed by atoms with E-state index in [0.29, 0.717) is 48.3 Å². The first kappa shape index (κ1) is 15.6. The number of hydrogen-bond donors (Lipinski definition) is 1. The number of aromatic nitrogens is 3. The highest BCUT2D eigenvalue weighted by atomic mass is 19.1. The van der Waals surface area contributed by atoms with Crippen LogP contribution in [0.1, 0.15) is 25.1 Å². The fourth-order valence-electron chi connectivity index (χ4n) is 3.17. The molecule has 0 bridgehead atoms. The van der Waals surface area contributed by atoms with Crippen LogP contribution in [0.15, 0.2) is 27.1 Å². The number of amides is 1. The highest BCUT2D eigenvalue weighted by molar-refractivity contribution is 5.75. The molecule has 1 unspecified atom stereocenters. The largest absolute Gasteiger partial charge is 0.423 e. The Labute approximate surface area is 142 Å². The minimum atomic E-state index is -0.782. The van der Waals surface area contributed by atoms with Crippen molar-refractivity contribution in [2.45, 2.75) is 25.8 Å². The number of fused-ring (bicyclic) bond motifs is 1. The van der Waals surface area contributed by atoms with E-state index in [0.717, 1.165) is 0 Å². The second-order valence-electron chi connectivity index (χ2n) is 6.18. The first-order chi connectivity index (χ1) is 11.9. The van der Waals surface area contributed by atoms with Crippen LogP contribution in [0.25, 0.3) is 11.1 Å². The molecule has 9 heteroatoms. The van der Waals surface area contributed by atoms with Gasteiger partial charge in [0.2, 0.25) is 11.8 Å². The van der Waals surface area contributed by atoms with E-state index in [-0.39, 0.29) is 11.7 Å². The lowest BCUT2D eigenvalue weighted by Crippen LogP contribution is -2.48. The molecule has 0 spiro atoms. The normalized spacial score (nSPS) is 20.4. The van der Waals surface area contributed by atoms with Crippen molar-refractivity contribution in [3.8, 4) is 0 Å². The van der Waals surface area contributed by atoms with Crippen LogP contribution in [0.2, 0.25) is 0 Å². The zero-order valence-corrected chi connectivity index (χ0v) is 13.7. The molecule has 25 heavy (non-hydrogen) atoms. The molecule has 1 aliphatic heterocycles. The zero-order chi connectivity index (χ0) is 17.6. The van der Waals surface area contributed by atoms with Gasteiger partial charge in [-0.15, -0.1) is 0 Å². The molecule has 4 rings (SSSR count). The molecule has 3 heterocycles. The van der Waals surface area contributed by atoms with Crippen LogP contribution in [0, 0.1) is 12.7 Å². The molecule has 1 aliphatic rings. The molecule has 0 aliphatic carbocycles.